The molecular weight excluding hydrogens is 423 g/mol. The monoisotopic (exact) mass is 428 g/mol. The van der Waals surface area contributed by atoms with E-state index in [-0.39, 0.29) is 20.3 Å². The Bertz CT molecular complexity index is 712. The third-order valence-corrected chi connectivity index (χ3v) is 5.22. The molecule has 102 valence electrons. The summed E-state index contributed by atoms with van der Waals surface area (Å²) in [5.41, 5.74) is 0.276. The highest BCUT2D eigenvalue weighted by atomic mass is 79.9. The van der Waals surface area contributed by atoms with E-state index in [0.29, 0.717) is 0 Å². The van der Waals surface area contributed by atoms with Crippen LogP contribution in [0.15, 0.2) is 32.3 Å². The van der Waals surface area contributed by atoms with E-state index in [2.05, 4.69) is 46.9 Å². The lowest BCUT2D eigenvalue weighted by Gasteiger charge is -2.09. The molecule has 0 amide bonds. The van der Waals surface area contributed by atoms with Crippen LogP contribution in [0, 0.1) is 0 Å². The number of rotatable bonds is 3. The van der Waals surface area contributed by atoms with Gasteiger partial charge in [0.25, 0.3) is 10.0 Å². The lowest BCUT2D eigenvalue weighted by atomic mass is 10.3. The number of nitrogens with zero attached hydrogens (tertiary/aromatic N) is 3. The van der Waals surface area contributed by atoms with Crippen LogP contribution < -0.4 is 4.72 Å². The highest BCUT2D eigenvalue weighted by molar-refractivity contribution is 9.10. The molecule has 0 saturated heterocycles. The highest BCUT2D eigenvalue weighted by Crippen LogP contribution is 2.28. The number of hydrogen-bond donors (Lipinski definition) is 1. The molecule has 0 aliphatic carbocycles. The first-order valence-electron chi connectivity index (χ1n) is 4.84. The molecule has 2 rings (SSSR count). The van der Waals surface area contributed by atoms with E-state index in [0.717, 1.165) is 9.15 Å². The first-order chi connectivity index (χ1) is 8.81. The quantitative estimate of drug-likeness (QED) is 0.813. The van der Waals surface area contributed by atoms with Crippen molar-refractivity contribution in [2.24, 2.45) is 7.05 Å². The van der Waals surface area contributed by atoms with Gasteiger partial charge < -0.3 is 0 Å². The Balaban J connectivity index is 2.42. The molecule has 19 heavy (non-hydrogen) atoms. The Labute approximate surface area is 131 Å². The second-order valence-electron chi connectivity index (χ2n) is 3.54. The number of anilines is 1. The van der Waals surface area contributed by atoms with Crippen molar-refractivity contribution in [3.63, 3.8) is 0 Å². The summed E-state index contributed by atoms with van der Waals surface area (Å²) in [6, 6.07) is 4.83. The second kappa shape index (κ2) is 5.39. The Hall–Kier alpha value is -0.640. The molecular formula is C9H7Br2ClN4O2S. The molecule has 1 heterocycles. The van der Waals surface area contributed by atoms with Gasteiger partial charge in [0.15, 0.2) is 4.60 Å². The molecule has 0 aliphatic heterocycles. The maximum absolute atomic E-state index is 12.2. The van der Waals surface area contributed by atoms with Gasteiger partial charge in [0, 0.05) is 11.5 Å². The Morgan fingerprint density at radius 2 is 2.05 bits per heavy atom. The van der Waals surface area contributed by atoms with Gasteiger partial charge in [-0.1, -0.05) is 32.7 Å². The van der Waals surface area contributed by atoms with Crippen LogP contribution in [-0.2, 0) is 17.1 Å². The topological polar surface area (TPSA) is 76.9 Å². The van der Waals surface area contributed by atoms with Crippen LogP contribution in [0.4, 0.5) is 5.69 Å². The van der Waals surface area contributed by atoms with Gasteiger partial charge >= 0.3 is 0 Å². The van der Waals surface area contributed by atoms with Crippen LogP contribution in [0.2, 0.25) is 5.02 Å². The first-order valence-corrected chi connectivity index (χ1v) is 8.29. The molecule has 1 aromatic heterocycles. The Morgan fingerprint density at radius 1 is 1.37 bits per heavy atom. The van der Waals surface area contributed by atoms with Crippen LogP contribution in [-0.4, -0.2) is 23.4 Å². The molecule has 2 aromatic rings. The number of hydrogen-bond acceptors (Lipinski definition) is 4. The normalized spacial score (nSPS) is 11.6. The van der Waals surface area contributed by atoms with E-state index >= 15 is 0 Å². The summed E-state index contributed by atoms with van der Waals surface area (Å²) in [5, 5.41) is 7.46. The molecule has 0 fully saturated rings. The van der Waals surface area contributed by atoms with Crippen molar-refractivity contribution in [1.29, 1.82) is 0 Å². The van der Waals surface area contributed by atoms with E-state index in [1.54, 1.807) is 18.2 Å². The van der Waals surface area contributed by atoms with Gasteiger partial charge in [-0.15, -0.1) is 5.10 Å². The van der Waals surface area contributed by atoms with Gasteiger partial charge in [-0.3, -0.25) is 4.72 Å². The minimum absolute atomic E-state index is 0.0773. The molecule has 0 spiro atoms. The molecule has 1 aromatic carbocycles. The largest absolute Gasteiger partial charge is 0.281 e. The highest BCUT2D eigenvalue weighted by Gasteiger charge is 2.24. The fraction of sp³-hybridized carbons (Fsp3) is 0.111. The van der Waals surface area contributed by atoms with E-state index < -0.39 is 10.0 Å². The predicted molar refractivity (Wildman–Crippen MR) is 78.7 cm³/mol. The molecule has 0 bridgehead atoms. The third-order valence-electron chi connectivity index (χ3n) is 2.17. The summed E-state index contributed by atoms with van der Waals surface area (Å²) in [6.07, 6.45) is 0. The average molecular weight is 431 g/mol. The number of benzene rings is 1. The van der Waals surface area contributed by atoms with Crippen molar-refractivity contribution >= 4 is 59.2 Å². The number of halogens is 3. The van der Waals surface area contributed by atoms with Gasteiger partial charge in [0.05, 0.1) is 10.7 Å². The lowest BCUT2D eigenvalue weighted by Crippen LogP contribution is -2.17. The number of nitrogens with one attached hydrogen (secondary N) is 1. The van der Waals surface area contributed by atoms with Gasteiger partial charge in [-0.05, 0) is 34.1 Å². The zero-order valence-electron chi connectivity index (χ0n) is 9.43. The third kappa shape index (κ3) is 3.10. The molecule has 0 radical (unpaired) electrons. The maximum atomic E-state index is 12.2. The number of aryl methyl sites for hydroxylation is 1. The minimum Gasteiger partial charge on any atom is -0.277 e. The van der Waals surface area contributed by atoms with Gasteiger partial charge in [-0.2, -0.15) is 8.42 Å². The molecule has 0 unspecified atom stereocenters. The van der Waals surface area contributed by atoms with Gasteiger partial charge in [-0.25, -0.2) is 4.68 Å². The summed E-state index contributed by atoms with van der Waals surface area (Å²) in [4.78, 5) is 0. The SMILES string of the molecule is Cn1nnc(Br)c1S(=O)(=O)Nc1ccc(Br)cc1Cl. The fourth-order valence-corrected chi connectivity index (χ4v) is 4.33. The molecule has 0 aliphatic rings. The molecule has 0 saturated carbocycles. The van der Waals surface area contributed by atoms with Crippen molar-refractivity contribution < 1.29 is 8.42 Å². The van der Waals surface area contributed by atoms with Crippen LogP contribution in [0.3, 0.4) is 0 Å². The van der Waals surface area contributed by atoms with Crippen LogP contribution in [0.25, 0.3) is 0 Å². The van der Waals surface area contributed by atoms with E-state index in [4.69, 9.17) is 11.6 Å². The second-order valence-corrected chi connectivity index (χ2v) is 7.21. The van der Waals surface area contributed by atoms with E-state index in [1.807, 2.05) is 0 Å². The minimum atomic E-state index is -3.83. The Morgan fingerprint density at radius 3 is 2.58 bits per heavy atom. The number of aromatic nitrogens is 3. The van der Waals surface area contributed by atoms with Crippen molar-refractivity contribution in [3.05, 3.63) is 32.3 Å². The molecule has 1 N–H and O–H groups in total. The Kier molecular flexibility index (Phi) is 4.19. The van der Waals surface area contributed by atoms with Crippen molar-refractivity contribution in [2.75, 3.05) is 4.72 Å². The van der Waals surface area contributed by atoms with E-state index in [1.165, 1.54) is 7.05 Å². The summed E-state index contributed by atoms with van der Waals surface area (Å²) >= 11 is 12.3. The summed E-state index contributed by atoms with van der Waals surface area (Å²) in [5.74, 6) is 0. The maximum Gasteiger partial charge on any atom is 0.281 e. The molecule has 0 atom stereocenters. The number of sulfonamides is 1. The molecule has 10 heteroatoms. The van der Waals surface area contributed by atoms with Crippen LogP contribution >= 0.6 is 43.5 Å². The van der Waals surface area contributed by atoms with Crippen LogP contribution in [0.5, 0.6) is 0 Å². The van der Waals surface area contributed by atoms with Gasteiger partial charge in [0.1, 0.15) is 0 Å². The van der Waals surface area contributed by atoms with Gasteiger partial charge in [0.2, 0.25) is 5.03 Å². The average Bonchev–Trinajstić information content (AvgIpc) is 2.63. The fourth-order valence-electron chi connectivity index (χ4n) is 1.37. The zero-order valence-corrected chi connectivity index (χ0v) is 14.2. The van der Waals surface area contributed by atoms with E-state index in [9.17, 15) is 8.42 Å². The van der Waals surface area contributed by atoms with Crippen molar-refractivity contribution in [2.45, 2.75) is 5.03 Å². The zero-order chi connectivity index (χ0) is 14.2. The summed E-state index contributed by atoms with van der Waals surface area (Å²) in [7, 11) is -2.34. The summed E-state index contributed by atoms with van der Waals surface area (Å²) in [6.45, 7) is 0. The van der Waals surface area contributed by atoms with Crippen LogP contribution in [0.1, 0.15) is 0 Å². The smallest absolute Gasteiger partial charge is 0.277 e. The predicted octanol–water partition coefficient (Wildman–Crippen LogP) is 2.79. The summed E-state index contributed by atoms with van der Waals surface area (Å²) < 4.78 is 28.9. The first kappa shape index (κ1) is 14.8. The van der Waals surface area contributed by atoms with Crippen molar-refractivity contribution in [1.82, 2.24) is 15.0 Å². The standard InChI is InChI=1S/C9H7Br2ClN4O2S/c1-16-9(8(11)13-15-16)19(17,18)14-7-3-2-5(10)4-6(7)12/h2-4,14H,1H3. The van der Waals surface area contributed by atoms with Crippen molar-refractivity contribution in [3.8, 4) is 0 Å². The molecule has 6 nitrogen and oxygen atoms in total. The lowest BCUT2D eigenvalue weighted by molar-refractivity contribution is 0.578.